The molecule has 0 amide bonds. The van der Waals surface area contributed by atoms with E-state index in [-0.39, 0.29) is 16.7 Å². The zero-order chi connectivity index (χ0) is 12.7. The summed E-state index contributed by atoms with van der Waals surface area (Å²) in [6, 6.07) is 10.2. The van der Waals surface area contributed by atoms with E-state index in [4.69, 9.17) is 0 Å². The average molecular weight is 230 g/mol. The van der Waals surface area contributed by atoms with Crippen molar-refractivity contribution in [1.29, 1.82) is 0 Å². The number of ketones is 1. The van der Waals surface area contributed by atoms with Gasteiger partial charge in [-0.05, 0) is 22.8 Å². The first-order chi connectivity index (χ1) is 7.82. The maximum Gasteiger partial charge on any atom is 0.141 e. The predicted molar refractivity (Wildman–Crippen MR) is 71.0 cm³/mol. The predicted octanol–water partition coefficient (Wildman–Crippen LogP) is 4.19. The van der Waals surface area contributed by atoms with Crippen LogP contribution in [0.1, 0.15) is 52.0 Å². The second kappa shape index (κ2) is 3.97. The summed E-state index contributed by atoms with van der Waals surface area (Å²) >= 11 is 0. The summed E-state index contributed by atoms with van der Waals surface area (Å²) in [5.41, 5.74) is 1.38. The molecular formula is C16H22O. The van der Waals surface area contributed by atoms with Crippen LogP contribution < -0.4 is 0 Å². The average Bonchev–Trinajstić information content (AvgIpc) is 2.14. The fourth-order valence-electron chi connectivity index (χ4n) is 3.69. The van der Waals surface area contributed by atoms with Crippen molar-refractivity contribution >= 4 is 5.78 Å². The Labute approximate surface area is 104 Å². The van der Waals surface area contributed by atoms with Crippen LogP contribution in [0.2, 0.25) is 0 Å². The fraction of sp³-hybridized carbons (Fsp3) is 0.562. The van der Waals surface area contributed by atoms with Crippen LogP contribution in [0, 0.1) is 10.8 Å². The third-order valence-corrected chi connectivity index (χ3v) is 3.82. The van der Waals surface area contributed by atoms with Crippen LogP contribution in [0.5, 0.6) is 0 Å². The van der Waals surface area contributed by atoms with Crippen molar-refractivity contribution in [3.8, 4) is 0 Å². The lowest BCUT2D eigenvalue weighted by Gasteiger charge is -2.45. The lowest BCUT2D eigenvalue weighted by atomic mass is 9.58. The van der Waals surface area contributed by atoms with Gasteiger partial charge in [0.2, 0.25) is 0 Å². The molecule has 0 heterocycles. The number of carbonyl (C=O) groups excluding carboxylic acids is 1. The van der Waals surface area contributed by atoms with E-state index in [0.717, 1.165) is 6.42 Å². The normalized spacial score (nSPS) is 26.8. The first kappa shape index (κ1) is 12.3. The molecule has 1 aromatic rings. The highest BCUT2D eigenvalue weighted by molar-refractivity contribution is 5.88. The highest BCUT2D eigenvalue weighted by Gasteiger charge is 2.45. The topological polar surface area (TPSA) is 17.1 Å². The Hall–Kier alpha value is -1.11. The minimum Gasteiger partial charge on any atom is -0.299 e. The van der Waals surface area contributed by atoms with Crippen LogP contribution in [0.15, 0.2) is 30.3 Å². The van der Waals surface area contributed by atoms with Gasteiger partial charge >= 0.3 is 0 Å². The highest BCUT2D eigenvalue weighted by Crippen LogP contribution is 2.51. The van der Waals surface area contributed by atoms with E-state index in [2.05, 4.69) is 39.8 Å². The van der Waals surface area contributed by atoms with Crippen LogP contribution in [-0.2, 0) is 4.79 Å². The quantitative estimate of drug-likeness (QED) is 0.707. The van der Waals surface area contributed by atoms with Crippen molar-refractivity contribution in [2.24, 2.45) is 10.8 Å². The lowest BCUT2D eigenvalue weighted by molar-refractivity contribution is -0.129. The summed E-state index contributed by atoms with van der Waals surface area (Å²) in [6.45, 7) is 8.86. The van der Waals surface area contributed by atoms with E-state index in [1.807, 2.05) is 18.2 Å². The number of hydrogen-bond acceptors (Lipinski definition) is 1. The lowest BCUT2D eigenvalue weighted by Crippen LogP contribution is -2.41. The Morgan fingerprint density at radius 2 is 1.65 bits per heavy atom. The van der Waals surface area contributed by atoms with Crippen LogP contribution in [0.3, 0.4) is 0 Å². The molecule has 0 saturated heterocycles. The molecule has 1 unspecified atom stereocenters. The molecule has 1 saturated carbocycles. The molecule has 0 N–H and O–H groups in total. The van der Waals surface area contributed by atoms with Crippen molar-refractivity contribution in [2.45, 2.75) is 46.5 Å². The summed E-state index contributed by atoms with van der Waals surface area (Å²) in [7, 11) is 0. The van der Waals surface area contributed by atoms with Gasteiger partial charge in [0.25, 0.3) is 0 Å². The van der Waals surface area contributed by atoms with Crippen molar-refractivity contribution < 1.29 is 4.79 Å². The van der Waals surface area contributed by atoms with Crippen LogP contribution in [0.25, 0.3) is 0 Å². The molecule has 1 aliphatic carbocycles. The smallest absolute Gasteiger partial charge is 0.141 e. The van der Waals surface area contributed by atoms with Gasteiger partial charge in [0.15, 0.2) is 0 Å². The maximum absolute atomic E-state index is 12.4. The second-order valence-electron chi connectivity index (χ2n) is 6.82. The number of rotatable bonds is 1. The summed E-state index contributed by atoms with van der Waals surface area (Å²) in [6.07, 6.45) is 1.81. The molecule has 0 aliphatic heterocycles. The monoisotopic (exact) mass is 230 g/mol. The van der Waals surface area contributed by atoms with Crippen molar-refractivity contribution in [3.05, 3.63) is 35.9 Å². The molecular weight excluding hydrogens is 208 g/mol. The first-order valence-corrected chi connectivity index (χ1v) is 6.40. The summed E-state index contributed by atoms with van der Waals surface area (Å²) in [4.78, 5) is 12.4. The molecule has 1 fully saturated rings. The standard InChI is InChI=1S/C16H22O/c1-15(2)10-13(17)14(16(3,4)11-15)12-8-6-5-7-9-12/h5-9,14H,10-11H2,1-4H3. The van der Waals surface area contributed by atoms with Crippen LogP contribution in [-0.4, -0.2) is 5.78 Å². The van der Waals surface area contributed by atoms with Gasteiger partial charge < -0.3 is 0 Å². The van der Waals surface area contributed by atoms with Gasteiger partial charge in [-0.1, -0.05) is 58.0 Å². The Morgan fingerprint density at radius 1 is 1.06 bits per heavy atom. The van der Waals surface area contributed by atoms with E-state index < -0.39 is 0 Å². The summed E-state index contributed by atoms with van der Waals surface area (Å²) in [5.74, 6) is 0.467. The molecule has 0 aromatic heterocycles. The molecule has 0 bridgehead atoms. The van der Waals surface area contributed by atoms with Crippen molar-refractivity contribution in [2.75, 3.05) is 0 Å². The van der Waals surface area contributed by atoms with Crippen LogP contribution in [0.4, 0.5) is 0 Å². The zero-order valence-corrected chi connectivity index (χ0v) is 11.3. The van der Waals surface area contributed by atoms with Crippen LogP contribution >= 0.6 is 0 Å². The highest BCUT2D eigenvalue weighted by atomic mass is 16.1. The van der Waals surface area contributed by atoms with Gasteiger partial charge in [-0.25, -0.2) is 0 Å². The Bertz CT molecular complexity index is 414. The summed E-state index contributed by atoms with van der Waals surface area (Å²) in [5, 5.41) is 0. The van der Waals surface area contributed by atoms with Gasteiger partial charge in [0.1, 0.15) is 5.78 Å². The SMILES string of the molecule is CC1(C)CC(=O)C(c2ccccc2)C(C)(C)C1. The van der Waals surface area contributed by atoms with Gasteiger partial charge in [-0.15, -0.1) is 0 Å². The van der Waals surface area contributed by atoms with E-state index >= 15 is 0 Å². The molecule has 0 radical (unpaired) electrons. The molecule has 0 spiro atoms. The number of benzene rings is 1. The van der Waals surface area contributed by atoms with E-state index in [1.165, 1.54) is 5.56 Å². The molecule has 2 rings (SSSR count). The molecule has 1 heteroatoms. The Morgan fingerprint density at radius 3 is 2.18 bits per heavy atom. The number of Topliss-reactive ketones (excluding diaryl/α,β-unsaturated/α-hetero) is 1. The molecule has 1 aromatic carbocycles. The minimum atomic E-state index is 0.0557. The van der Waals surface area contributed by atoms with E-state index in [9.17, 15) is 4.79 Å². The Kier molecular flexibility index (Phi) is 2.89. The first-order valence-electron chi connectivity index (χ1n) is 6.40. The number of carbonyl (C=O) groups is 1. The second-order valence-corrected chi connectivity index (χ2v) is 6.82. The van der Waals surface area contributed by atoms with Gasteiger partial charge in [-0.3, -0.25) is 4.79 Å². The van der Waals surface area contributed by atoms with E-state index in [0.29, 0.717) is 12.2 Å². The largest absolute Gasteiger partial charge is 0.299 e. The molecule has 17 heavy (non-hydrogen) atoms. The third-order valence-electron chi connectivity index (χ3n) is 3.82. The summed E-state index contributed by atoms with van der Waals surface area (Å²) < 4.78 is 0. The van der Waals surface area contributed by atoms with Gasteiger partial charge in [0, 0.05) is 12.3 Å². The van der Waals surface area contributed by atoms with Crippen molar-refractivity contribution in [1.82, 2.24) is 0 Å². The van der Waals surface area contributed by atoms with Gasteiger partial charge in [0.05, 0.1) is 0 Å². The third kappa shape index (κ3) is 2.43. The maximum atomic E-state index is 12.4. The molecule has 92 valence electrons. The molecule has 1 nitrogen and oxygen atoms in total. The molecule has 1 atom stereocenters. The minimum absolute atomic E-state index is 0.0557. The molecule has 1 aliphatic rings. The van der Waals surface area contributed by atoms with Crippen molar-refractivity contribution in [3.63, 3.8) is 0 Å². The van der Waals surface area contributed by atoms with E-state index in [1.54, 1.807) is 0 Å². The fourth-order valence-corrected chi connectivity index (χ4v) is 3.69. The zero-order valence-electron chi connectivity index (χ0n) is 11.3. The van der Waals surface area contributed by atoms with Gasteiger partial charge in [-0.2, -0.15) is 0 Å². The number of hydrogen-bond donors (Lipinski definition) is 0. The Balaban J connectivity index is 2.38.